The summed E-state index contributed by atoms with van der Waals surface area (Å²) in [5, 5.41) is 2.68. The third kappa shape index (κ3) is 5.29. The number of alkyl carbamates (subject to hydrolysis) is 1. The molecule has 8 heteroatoms. The van der Waals surface area contributed by atoms with Crippen LogP contribution in [0.5, 0.6) is 0 Å². The van der Waals surface area contributed by atoms with Crippen LogP contribution < -0.4 is 5.32 Å². The molecule has 1 N–H and O–H groups in total. The molecule has 1 aliphatic carbocycles. The Kier molecular flexibility index (Phi) is 7.57. The fraction of sp³-hybridized carbons (Fsp3) is 0.833. The molecule has 2 aliphatic heterocycles. The molecule has 0 bridgehead atoms. The van der Waals surface area contributed by atoms with Crippen LogP contribution in [0, 0.1) is 11.8 Å². The Balaban J connectivity index is 1.69. The van der Waals surface area contributed by atoms with Crippen molar-refractivity contribution in [1.82, 2.24) is 5.32 Å². The number of carbonyl (C=O) groups excluding carboxylic acids is 2. The molecule has 182 valence electrons. The molecular weight excluding hydrogens is 414 g/mol. The molecule has 0 aromatic rings. The predicted molar refractivity (Wildman–Crippen MR) is 118 cm³/mol. The molecule has 2 saturated heterocycles. The van der Waals surface area contributed by atoms with Crippen LogP contribution >= 0.6 is 0 Å². The van der Waals surface area contributed by atoms with E-state index in [2.05, 4.69) is 32.2 Å². The van der Waals surface area contributed by atoms with Crippen molar-refractivity contribution in [2.24, 2.45) is 11.8 Å². The molecule has 0 aromatic heterocycles. The summed E-state index contributed by atoms with van der Waals surface area (Å²) >= 11 is 0. The van der Waals surface area contributed by atoms with Crippen molar-refractivity contribution in [3.63, 3.8) is 0 Å². The van der Waals surface area contributed by atoms with Gasteiger partial charge in [0.05, 0.1) is 25.7 Å². The van der Waals surface area contributed by atoms with E-state index in [4.69, 9.17) is 23.7 Å². The zero-order valence-electron chi connectivity index (χ0n) is 20.4. The summed E-state index contributed by atoms with van der Waals surface area (Å²) in [6.07, 6.45) is 3.53. The van der Waals surface area contributed by atoms with Crippen LogP contribution in [0.15, 0.2) is 11.6 Å². The summed E-state index contributed by atoms with van der Waals surface area (Å²) in [6.45, 7) is 10.9. The molecule has 0 radical (unpaired) electrons. The molecule has 1 unspecified atom stereocenters. The van der Waals surface area contributed by atoms with Crippen molar-refractivity contribution < 1.29 is 33.3 Å². The molecule has 3 aliphatic rings. The Hall–Kier alpha value is -1.64. The smallest absolute Gasteiger partial charge is 0.408 e. The number of methoxy groups -OCH3 is 2. The zero-order chi connectivity index (χ0) is 23.7. The fourth-order valence-electron chi connectivity index (χ4n) is 5.21. The molecule has 1 spiro atoms. The van der Waals surface area contributed by atoms with E-state index in [1.807, 2.05) is 13.8 Å². The monoisotopic (exact) mass is 453 g/mol. The van der Waals surface area contributed by atoms with Gasteiger partial charge in [-0.2, -0.15) is 0 Å². The Morgan fingerprint density at radius 3 is 2.47 bits per heavy atom. The Bertz CT molecular complexity index is 728. The first-order chi connectivity index (χ1) is 15.1. The normalized spacial score (nSPS) is 36.4. The van der Waals surface area contributed by atoms with E-state index < -0.39 is 29.8 Å². The van der Waals surface area contributed by atoms with Crippen molar-refractivity contribution in [3.8, 4) is 0 Å². The number of nitrogens with one attached hydrogen (secondary N) is 1. The highest BCUT2D eigenvalue weighted by Crippen LogP contribution is 2.59. The van der Waals surface area contributed by atoms with Crippen LogP contribution in [-0.4, -0.2) is 68.4 Å². The van der Waals surface area contributed by atoms with E-state index in [0.717, 1.165) is 12.8 Å². The van der Waals surface area contributed by atoms with Crippen molar-refractivity contribution in [1.29, 1.82) is 0 Å². The van der Waals surface area contributed by atoms with Crippen LogP contribution in [-0.2, 0) is 28.5 Å². The molecule has 8 nitrogen and oxygen atoms in total. The van der Waals surface area contributed by atoms with Gasteiger partial charge in [0.2, 0.25) is 0 Å². The maximum Gasteiger partial charge on any atom is 0.408 e. The van der Waals surface area contributed by atoms with Gasteiger partial charge in [0.25, 0.3) is 0 Å². The number of epoxide rings is 2. The average molecular weight is 454 g/mol. The van der Waals surface area contributed by atoms with Gasteiger partial charge >= 0.3 is 12.1 Å². The topological polar surface area (TPSA) is 98.9 Å². The molecule has 7 atom stereocenters. The first-order valence-corrected chi connectivity index (χ1v) is 11.6. The van der Waals surface area contributed by atoms with E-state index >= 15 is 0 Å². The van der Waals surface area contributed by atoms with Crippen LogP contribution in [0.25, 0.3) is 0 Å². The quantitative estimate of drug-likeness (QED) is 0.325. The molecule has 1 amide bonds. The van der Waals surface area contributed by atoms with Crippen molar-refractivity contribution in [2.45, 2.75) is 95.9 Å². The SMILES string of the molecule is COC(=O)C(CC(C)C)NC(=O)O[C@@H]1CC[C@]2(CO2)[C@@H]([C@@]2(C)O[C@@H]2CC=C(C)C)[C@@H]1OC. The van der Waals surface area contributed by atoms with E-state index in [9.17, 15) is 9.59 Å². The number of allylic oxidation sites excluding steroid dienone is 1. The lowest BCUT2D eigenvalue weighted by atomic mass is 9.68. The molecule has 3 rings (SSSR count). The number of hydrogen-bond donors (Lipinski definition) is 1. The Morgan fingerprint density at radius 2 is 1.94 bits per heavy atom. The number of ether oxygens (including phenoxy) is 5. The minimum atomic E-state index is -0.747. The number of esters is 1. The first-order valence-electron chi connectivity index (χ1n) is 11.6. The van der Waals surface area contributed by atoms with Crippen LogP contribution in [0.2, 0.25) is 0 Å². The van der Waals surface area contributed by atoms with Gasteiger partial charge in [-0.15, -0.1) is 0 Å². The van der Waals surface area contributed by atoms with Gasteiger partial charge in [-0.1, -0.05) is 25.5 Å². The zero-order valence-corrected chi connectivity index (χ0v) is 20.4. The maximum atomic E-state index is 12.7. The molecule has 32 heavy (non-hydrogen) atoms. The summed E-state index contributed by atoms with van der Waals surface area (Å²) < 4.78 is 28.7. The van der Waals surface area contributed by atoms with Gasteiger partial charge in [0.15, 0.2) is 0 Å². The molecule has 2 heterocycles. The third-order valence-corrected chi connectivity index (χ3v) is 6.98. The van der Waals surface area contributed by atoms with Gasteiger partial charge in [-0.05, 0) is 52.4 Å². The van der Waals surface area contributed by atoms with Crippen LogP contribution in [0.1, 0.15) is 60.3 Å². The van der Waals surface area contributed by atoms with Crippen molar-refractivity contribution in [2.75, 3.05) is 20.8 Å². The summed E-state index contributed by atoms with van der Waals surface area (Å²) in [5.74, 6) is -0.317. The number of carbonyl (C=O) groups is 2. The van der Waals surface area contributed by atoms with Gasteiger partial charge < -0.3 is 29.0 Å². The number of amides is 1. The van der Waals surface area contributed by atoms with Gasteiger partial charge in [0, 0.05) is 7.11 Å². The second-order valence-electron chi connectivity index (χ2n) is 10.2. The minimum Gasteiger partial charge on any atom is -0.467 e. The van der Waals surface area contributed by atoms with E-state index in [-0.39, 0.29) is 29.6 Å². The molecular formula is C24H39NO7. The molecule has 0 aromatic carbocycles. The molecule has 1 saturated carbocycles. The predicted octanol–water partition coefficient (Wildman–Crippen LogP) is 3.38. The Morgan fingerprint density at radius 1 is 1.25 bits per heavy atom. The lowest BCUT2D eigenvalue weighted by Crippen LogP contribution is -2.56. The average Bonchev–Trinajstić information content (AvgIpc) is 3.63. The minimum absolute atomic E-state index is 0.0471. The van der Waals surface area contributed by atoms with Crippen molar-refractivity contribution in [3.05, 3.63) is 11.6 Å². The van der Waals surface area contributed by atoms with Gasteiger partial charge in [-0.3, -0.25) is 0 Å². The summed E-state index contributed by atoms with van der Waals surface area (Å²) in [4.78, 5) is 24.8. The lowest BCUT2D eigenvalue weighted by Gasteiger charge is -2.42. The lowest BCUT2D eigenvalue weighted by molar-refractivity contribution is -0.143. The first kappa shape index (κ1) is 25.0. The Labute approximate surface area is 191 Å². The standard InChI is InChI=1S/C24H39NO7/c1-14(2)8-9-18-23(5,32-18)20-19(28-6)17(10-11-24(20)13-30-24)31-22(27)25-16(12-15(3)4)21(26)29-7/h8,15-20H,9-13H2,1-7H3,(H,25,27)/t16?,17-,18-,19-,20-,23+,24+/m1/s1. The fourth-order valence-corrected chi connectivity index (χ4v) is 5.21. The summed E-state index contributed by atoms with van der Waals surface area (Å²) in [6, 6.07) is -0.747. The largest absolute Gasteiger partial charge is 0.467 e. The van der Waals surface area contributed by atoms with Crippen molar-refractivity contribution >= 4 is 12.1 Å². The van der Waals surface area contributed by atoms with E-state index in [0.29, 0.717) is 19.4 Å². The van der Waals surface area contributed by atoms with Crippen LogP contribution in [0.3, 0.4) is 0 Å². The number of rotatable bonds is 9. The molecule has 3 fully saturated rings. The second kappa shape index (κ2) is 9.69. The maximum absolute atomic E-state index is 12.7. The van der Waals surface area contributed by atoms with Gasteiger partial charge in [-0.25, -0.2) is 9.59 Å². The highest BCUT2D eigenvalue weighted by molar-refractivity contribution is 5.81. The third-order valence-electron chi connectivity index (χ3n) is 6.98. The summed E-state index contributed by atoms with van der Waals surface area (Å²) in [5.41, 5.74) is 0.581. The van der Waals surface area contributed by atoms with E-state index in [1.165, 1.54) is 12.7 Å². The highest BCUT2D eigenvalue weighted by Gasteiger charge is 2.72. The van der Waals surface area contributed by atoms with Gasteiger partial charge in [0.1, 0.15) is 29.5 Å². The van der Waals surface area contributed by atoms with Crippen LogP contribution in [0.4, 0.5) is 4.79 Å². The van der Waals surface area contributed by atoms with E-state index in [1.54, 1.807) is 7.11 Å². The summed E-state index contributed by atoms with van der Waals surface area (Å²) in [7, 11) is 2.95. The highest BCUT2D eigenvalue weighted by atomic mass is 16.6. The second-order valence-corrected chi connectivity index (χ2v) is 10.2. The number of hydrogen-bond acceptors (Lipinski definition) is 7.